The zero-order chi connectivity index (χ0) is 14.8. The van der Waals surface area contributed by atoms with Crippen LogP contribution in [0.15, 0.2) is 47.4 Å². The molecule has 0 bridgehead atoms. The summed E-state index contributed by atoms with van der Waals surface area (Å²) in [7, 11) is -2.25. The molecule has 20 heavy (non-hydrogen) atoms. The van der Waals surface area contributed by atoms with Crippen LogP contribution in [0.2, 0.25) is 5.02 Å². The van der Waals surface area contributed by atoms with Crippen molar-refractivity contribution in [3.8, 4) is 5.75 Å². The number of hydrogen-bond donors (Lipinski definition) is 2. The van der Waals surface area contributed by atoms with Crippen molar-refractivity contribution in [2.45, 2.75) is 4.90 Å². The molecule has 0 amide bonds. The molecular weight excluding hydrogens is 300 g/mol. The average Bonchev–Trinajstić information content (AvgIpc) is 2.40. The first-order valence-electron chi connectivity index (χ1n) is 5.64. The van der Waals surface area contributed by atoms with Gasteiger partial charge in [-0.1, -0.05) is 17.7 Å². The van der Waals surface area contributed by atoms with Crippen LogP contribution < -0.4 is 15.2 Å². The third-order valence-electron chi connectivity index (χ3n) is 2.57. The van der Waals surface area contributed by atoms with Crippen molar-refractivity contribution in [2.24, 2.45) is 0 Å². The maximum absolute atomic E-state index is 12.2. The van der Waals surface area contributed by atoms with Crippen LogP contribution in [0.5, 0.6) is 5.75 Å². The predicted octanol–water partition coefficient (Wildman–Crippen LogP) is 2.73. The molecule has 0 heterocycles. The van der Waals surface area contributed by atoms with Crippen molar-refractivity contribution in [1.82, 2.24) is 0 Å². The Balaban J connectivity index is 2.33. The number of sulfonamides is 1. The fourth-order valence-electron chi connectivity index (χ4n) is 1.62. The van der Waals surface area contributed by atoms with Crippen molar-refractivity contribution in [3.63, 3.8) is 0 Å². The number of halogens is 1. The Hall–Kier alpha value is -1.92. The molecule has 0 aliphatic rings. The predicted molar refractivity (Wildman–Crippen MR) is 79.7 cm³/mol. The maximum atomic E-state index is 12.2. The van der Waals surface area contributed by atoms with E-state index >= 15 is 0 Å². The van der Waals surface area contributed by atoms with Gasteiger partial charge in [-0.05, 0) is 30.3 Å². The highest BCUT2D eigenvalue weighted by molar-refractivity contribution is 7.92. The summed E-state index contributed by atoms with van der Waals surface area (Å²) < 4.78 is 31.9. The maximum Gasteiger partial charge on any atom is 0.261 e. The Bertz CT molecular complexity index is 732. The highest BCUT2D eigenvalue weighted by Gasteiger charge is 2.15. The number of benzene rings is 2. The summed E-state index contributed by atoms with van der Waals surface area (Å²) in [6.45, 7) is 0. The summed E-state index contributed by atoms with van der Waals surface area (Å²) in [5, 5.41) is 0.402. The molecule has 2 rings (SSSR count). The van der Waals surface area contributed by atoms with Crippen molar-refractivity contribution in [3.05, 3.63) is 47.5 Å². The summed E-state index contributed by atoms with van der Waals surface area (Å²) in [6, 6.07) is 10.6. The summed E-state index contributed by atoms with van der Waals surface area (Å²) >= 11 is 5.89. The molecule has 0 radical (unpaired) electrons. The van der Waals surface area contributed by atoms with Gasteiger partial charge in [0.25, 0.3) is 10.0 Å². The number of rotatable bonds is 4. The quantitative estimate of drug-likeness (QED) is 0.851. The lowest BCUT2D eigenvalue weighted by molar-refractivity contribution is 0.415. The molecule has 0 fully saturated rings. The number of nitrogen functional groups attached to an aromatic ring is 1. The van der Waals surface area contributed by atoms with Crippen LogP contribution in [0.4, 0.5) is 11.4 Å². The van der Waals surface area contributed by atoms with E-state index in [0.29, 0.717) is 22.1 Å². The number of hydrogen-bond acceptors (Lipinski definition) is 4. The molecule has 0 spiro atoms. The Kier molecular flexibility index (Phi) is 4.06. The minimum atomic E-state index is -3.70. The molecule has 0 atom stereocenters. The van der Waals surface area contributed by atoms with E-state index in [0.717, 1.165) is 0 Å². The lowest BCUT2D eigenvalue weighted by atomic mass is 10.3. The number of anilines is 2. The van der Waals surface area contributed by atoms with E-state index in [-0.39, 0.29) is 4.90 Å². The molecule has 7 heteroatoms. The molecular formula is C13H13ClN2O3S. The fourth-order valence-corrected chi connectivity index (χ4v) is 2.92. The van der Waals surface area contributed by atoms with Gasteiger partial charge in [0.1, 0.15) is 5.75 Å². The lowest BCUT2D eigenvalue weighted by Crippen LogP contribution is -2.13. The van der Waals surface area contributed by atoms with Gasteiger partial charge in [-0.15, -0.1) is 0 Å². The van der Waals surface area contributed by atoms with Gasteiger partial charge >= 0.3 is 0 Å². The third-order valence-corrected chi connectivity index (χ3v) is 4.26. The van der Waals surface area contributed by atoms with Gasteiger partial charge in [0.05, 0.1) is 22.7 Å². The zero-order valence-electron chi connectivity index (χ0n) is 10.6. The minimum Gasteiger partial charge on any atom is -0.495 e. The van der Waals surface area contributed by atoms with E-state index in [1.165, 1.54) is 25.3 Å². The van der Waals surface area contributed by atoms with Crippen molar-refractivity contribution in [1.29, 1.82) is 0 Å². The topological polar surface area (TPSA) is 81.4 Å². The van der Waals surface area contributed by atoms with Crippen LogP contribution in [-0.4, -0.2) is 15.5 Å². The van der Waals surface area contributed by atoms with Crippen LogP contribution in [0.25, 0.3) is 0 Å². The Morgan fingerprint density at radius 2 is 1.95 bits per heavy atom. The normalized spacial score (nSPS) is 11.1. The summed E-state index contributed by atoms with van der Waals surface area (Å²) in [4.78, 5) is 0.0893. The number of ether oxygens (including phenoxy) is 1. The molecule has 0 aliphatic carbocycles. The Morgan fingerprint density at radius 3 is 2.60 bits per heavy atom. The summed E-state index contributed by atoms with van der Waals surface area (Å²) in [5.74, 6) is 0.388. The van der Waals surface area contributed by atoms with E-state index in [4.69, 9.17) is 22.1 Å². The smallest absolute Gasteiger partial charge is 0.261 e. The van der Waals surface area contributed by atoms with Gasteiger partial charge in [0.2, 0.25) is 0 Å². The first-order chi connectivity index (χ1) is 9.42. The molecule has 0 aliphatic heterocycles. The molecule has 0 saturated carbocycles. The molecule has 0 unspecified atom stereocenters. The standard InChI is InChI=1S/C13H13ClN2O3S/c1-19-13-8-10(5-6-12(13)14)16-20(17,18)11-4-2-3-9(15)7-11/h2-8,16H,15H2,1H3. The van der Waals surface area contributed by atoms with E-state index in [1.807, 2.05) is 0 Å². The van der Waals surface area contributed by atoms with Crippen molar-refractivity contribution < 1.29 is 13.2 Å². The Labute approximate surface area is 122 Å². The van der Waals surface area contributed by atoms with Gasteiger partial charge in [-0.25, -0.2) is 8.42 Å². The second-order valence-corrected chi connectivity index (χ2v) is 6.12. The number of nitrogens with one attached hydrogen (secondary N) is 1. The highest BCUT2D eigenvalue weighted by atomic mass is 35.5. The van der Waals surface area contributed by atoms with Gasteiger partial charge < -0.3 is 10.5 Å². The lowest BCUT2D eigenvalue weighted by Gasteiger charge is -2.10. The van der Waals surface area contributed by atoms with E-state index in [1.54, 1.807) is 24.3 Å². The molecule has 0 aromatic heterocycles. The minimum absolute atomic E-state index is 0.0893. The summed E-state index contributed by atoms with van der Waals surface area (Å²) in [6.07, 6.45) is 0. The highest BCUT2D eigenvalue weighted by Crippen LogP contribution is 2.28. The van der Waals surface area contributed by atoms with Gasteiger partial charge in [-0.3, -0.25) is 4.72 Å². The van der Waals surface area contributed by atoms with Crippen LogP contribution in [-0.2, 0) is 10.0 Å². The summed E-state index contributed by atoms with van der Waals surface area (Å²) in [5.41, 5.74) is 6.32. The number of methoxy groups -OCH3 is 1. The average molecular weight is 313 g/mol. The molecule has 2 aromatic carbocycles. The first-order valence-corrected chi connectivity index (χ1v) is 7.50. The van der Waals surface area contributed by atoms with Crippen molar-refractivity contribution >= 4 is 33.0 Å². The second-order valence-electron chi connectivity index (χ2n) is 4.03. The van der Waals surface area contributed by atoms with E-state index < -0.39 is 10.0 Å². The molecule has 5 nitrogen and oxygen atoms in total. The third kappa shape index (κ3) is 3.15. The van der Waals surface area contributed by atoms with E-state index in [2.05, 4.69) is 4.72 Å². The first kappa shape index (κ1) is 14.5. The fraction of sp³-hybridized carbons (Fsp3) is 0.0769. The van der Waals surface area contributed by atoms with Crippen LogP contribution in [0.3, 0.4) is 0 Å². The van der Waals surface area contributed by atoms with E-state index in [9.17, 15) is 8.42 Å². The largest absolute Gasteiger partial charge is 0.495 e. The van der Waals surface area contributed by atoms with Crippen molar-refractivity contribution in [2.75, 3.05) is 17.6 Å². The van der Waals surface area contributed by atoms with Crippen LogP contribution in [0.1, 0.15) is 0 Å². The van der Waals surface area contributed by atoms with Gasteiger partial charge in [0.15, 0.2) is 0 Å². The van der Waals surface area contributed by atoms with Gasteiger partial charge in [0, 0.05) is 11.8 Å². The Morgan fingerprint density at radius 1 is 1.20 bits per heavy atom. The SMILES string of the molecule is COc1cc(NS(=O)(=O)c2cccc(N)c2)ccc1Cl. The monoisotopic (exact) mass is 312 g/mol. The number of nitrogens with two attached hydrogens (primary N) is 1. The van der Waals surface area contributed by atoms with Crippen LogP contribution in [0, 0.1) is 0 Å². The second kappa shape index (κ2) is 5.60. The molecule has 106 valence electrons. The molecule has 3 N–H and O–H groups in total. The zero-order valence-corrected chi connectivity index (χ0v) is 12.2. The van der Waals surface area contributed by atoms with Gasteiger partial charge in [-0.2, -0.15) is 0 Å². The molecule has 0 saturated heterocycles. The molecule has 2 aromatic rings. The van der Waals surface area contributed by atoms with Crippen LogP contribution >= 0.6 is 11.6 Å².